The topological polar surface area (TPSA) is 49.4 Å². The molecule has 1 N–H and O–H groups in total. The van der Waals surface area contributed by atoms with Crippen molar-refractivity contribution in [3.05, 3.63) is 26.9 Å². The molecule has 1 aromatic rings. The molecule has 0 aliphatic rings. The monoisotopic (exact) mass is 372 g/mol. The summed E-state index contributed by atoms with van der Waals surface area (Å²) in [6.07, 6.45) is 3.27. The highest BCUT2D eigenvalue weighted by Crippen LogP contribution is 2.23. The quantitative estimate of drug-likeness (QED) is 0.806. The van der Waals surface area contributed by atoms with Crippen LogP contribution in [-0.4, -0.2) is 35.3 Å². The number of carbonyl (C=O) groups excluding carboxylic acids is 2. The van der Waals surface area contributed by atoms with Crippen LogP contribution in [0.25, 0.3) is 6.08 Å². The average molecular weight is 373 g/mol. The second kappa shape index (κ2) is 7.75. The van der Waals surface area contributed by atoms with Gasteiger partial charge in [0.1, 0.15) is 0 Å². The summed E-state index contributed by atoms with van der Waals surface area (Å²) in [5.74, 6) is -0.309. The van der Waals surface area contributed by atoms with Crippen molar-refractivity contribution in [1.82, 2.24) is 10.2 Å². The summed E-state index contributed by atoms with van der Waals surface area (Å²) in [6, 6.07) is 3.87. The van der Waals surface area contributed by atoms with Crippen molar-refractivity contribution in [3.63, 3.8) is 0 Å². The van der Waals surface area contributed by atoms with Crippen LogP contribution in [0, 0.1) is 0 Å². The largest absolute Gasteiger partial charge is 0.350 e. The Morgan fingerprint density at radius 1 is 1.38 bits per heavy atom. The smallest absolute Gasteiger partial charge is 0.247 e. The number of hydrogen-bond donors (Lipinski definition) is 1. The first kappa shape index (κ1) is 17.9. The maximum atomic E-state index is 12.1. The Kier molecular flexibility index (Phi) is 6.61. The third-order valence-electron chi connectivity index (χ3n) is 2.53. The number of thiophene rings is 1. The standard InChI is InChI=1S/C15H21BrN2O2S/c1-5-18(10-13(19)17-15(2,3)4)14(20)9-7-11-6-8-12(16)21-11/h6-9H,5,10H2,1-4H3,(H,17,19)/b9-7+. The van der Waals surface area contributed by atoms with E-state index in [1.165, 1.54) is 11.0 Å². The van der Waals surface area contributed by atoms with Gasteiger partial charge in [0.15, 0.2) is 0 Å². The van der Waals surface area contributed by atoms with Crippen molar-refractivity contribution in [1.29, 1.82) is 0 Å². The van der Waals surface area contributed by atoms with Crippen LogP contribution in [0.2, 0.25) is 0 Å². The van der Waals surface area contributed by atoms with E-state index >= 15 is 0 Å². The first-order chi connectivity index (χ1) is 9.71. The molecule has 1 aromatic heterocycles. The van der Waals surface area contributed by atoms with Crippen molar-refractivity contribution in [2.24, 2.45) is 0 Å². The molecule has 116 valence electrons. The van der Waals surface area contributed by atoms with Crippen LogP contribution in [0.3, 0.4) is 0 Å². The lowest BCUT2D eigenvalue weighted by Crippen LogP contribution is -2.47. The van der Waals surface area contributed by atoms with Gasteiger partial charge in [-0.15, -0.1) is 11.3 Å². The van der Waals surface area contributed by atoms with Gasteiger partial charge < -0.3 is 10.2 Å². The van der Waals surface area contributed by atoms with Crippen LogP contribution in [0.5, 0.6) is 0 Å². The third-order valence-corrected chi connectivity index (χ3v) is 4.12. The molecule has 0 aromatic carbocycles. The first-order valence-corrected chi connectivity index (χ1v) is 8.35. The number of likely N-dealkylation sites (N-methyl/N-ethyl adjacent to an activating group) is 1. The Balaban J connectivity index is 2.61. The molecule has 21 heavy (non-hydrogen) atoms. The number of hydrogen-bond acceptors (Lipinski definition) is 3. The summed E-state index contributed by atoms with van der Waals surface area (Å²) in [5.41, 5.74) is -0.293. The predicted octanol–water partition coefficient (Wildman–Crippen LogP) is 3.29. The van der Waals surface area contributed by atoms with E-state index in [0.717, 1.165) is 8.66 Å². The Hall–Kier alpha value is -1.14. The highest BCUT2D eigenvalue weighted by Gasteiger charge is 2.18. The number of amides is 2. The van der Waals surface area contributed by atoms with Crippen LogP contribution < -0.4 is 5.32 Å². The molecule has 1 heterocycles. The Morgan fingerprint density at radius 3 is 2.52 bits per heavy atom. The second-order valence-electron chi connectivity index (χ2n) is 5.63. The van der Waals surface area contributed by atoms with E-state index in [1.807, 2.05) is 39.8 Å². The lowest BCUT2D eigenvalue weighted by atomic mass is 10.1. The predicted molar refractivity (Wildman–Crippen MR) is 91.2 cm³/mol. The van der Waals surface area contributed by atoms with Gasteiger partial charge in [-0.05, 0) is 61.8 Å². The third kappa shape index (κ3) is 6.91. The van der Waals surface area contributed by atoms with Crippen LogP contribution >= 0.6 is 27.3 Å². The molecule has 0 aliphatic carbocycles. The Bertz CT molecular complexity index is 532. The fraction of sp³-hybridized carbons (Fsp3) is 0.467. The van der Waals surface area contributed by atoms with Crippen molar-refractivity contribution in [2.45, 2.75) is 33.2 Å². The molecule has 0 bridgehead atoms. The van der Waals surface area contributed by atoms with Crippen LogP contribution in [0.1, 0.15) is 32.6 Å². The molecule has 0 atom stereocenters. The SMILES string of the molecule is CCN(CC(=O)NC(C)(C)C)C(=O)/C=C/c1ccc(Br)s1. The van der Waals surface area contributed by atoms with Gasteiger partial charge in [0.25, 0.3) is 0 Å². The van der Waals surface area contributed by atoms with E-state index in [9.17, 15) is 9.59 Å². The zero-order valence-corrected chi connectivity index (χ0v) is 15.2. The van der Waals surface area contributed by atoms with Crippen LogP contribution in [0.4, 0.5) is 0 Å². The van der Waals surface area contributed by atoms with E-state index in [1.54, 1.807) is 17.4 Å². The van der Waals surface area contributed by atoms with Crippen LogP contribution in [0.15, 0.2) is 22.0 Å². The Labute approximate surface area is 138 Å². The van der Waals surface area contributed by atoms with Gasteiger partial charge in [0.2, 0.25) is 11.8 Å². The van der Waals surface area contributed by atoms with Crippen molar-refractivity contribution in [2.75, 3.05) is 13.1 Å². The zero-order chi connectivity index (χ0) is 16.0. The highest BCUT2D eigenvalue weighted by molar-refractivity contribution is 9.11. The van der Waals surface area contributed by atoms with Gasteiger partial charge in [-0.25, -0.2) is 0 Å². The summed E-state index contributed by atoms with van der Waals surface area (Å²) in [6.45, 7) is 8.17. The molecule has 4 nitrogen and oxygen atoms in total. The lowest BCUT2D eigenvalue weighted by molar-refractivity contribution is -0.132. The minimum Gasteiger partial charge on any atom is -0.350 e. The van der Waals surface area contributed by atoms with E-state index < -0.39 is 0 Å². The molecule has 0 radical (unpaired) electrons. The molecule has 0 aliphatic heterocycles. The number of carbonyl (C=O) groups is 2. The van der Waals surface area contributed by atoms with Gasteiger partial charge in [0, 0.05) is 23.0 Å². The van der Waals surface area contributed by atoms with E-state index in [2.05, 4.69) is 21.2 Å². The summed E-state index contributed by atoms with van der Waals surface area (Å²) in [5, 5.41) is 2.85. The first-order valence-electron chi connectivity index (χ1n) is 6.74. The van der Waals surface area contributed by atoms with Gasteiger partial charge in [-0.3, -0.25) is 9.59 Å². The molecule has 0 fully saturated rings. The normalized spacial score (nSPS) is 11.7. The fourth-order valence-electron chi connectivity index (χ4n) is 1.65. The second-order valence-corrected chi connectivity index (χ2v) is 8.12. The van der Waals surface area contributed by atoms with E-state index in [4.69, 9.17) is 0 Å². The van der Waals surface area contributed by atoms with Crippen molar-refractivity contribution >= 4 is 45.2 Å². The number of nitrogens with zero attached hydrogens (tertiary/aromatic N) is 1. The van der Waals surface area contributed by atoms with E-state index in [-0.39, 0.29) is 23.9 Å². The maximum Gasteiger partial charge on any atom is 0.247 e. The molecule has 2 amide bonds. The summed E-state index contributed by atoms with van der Waals surface area (Å²) >= 11 is 4.93. The minimum absolute atomic E-state index is 0.0745. The molecule has 1 rings (SSSR count). The minimum atomic E-state index is -0.293. The average Bonchev–Trinajstić information content (AvgIpc) is 2.76. The molecule has 0 saturated heterocycles. The molecule has 0 unspecified atom stereocenters. The Morgan fingerprint density at radius 2 is 2.05 bits per heavy atom. The van der Waals surface area contributed by atoms with Crippen LogP contribution in [-0.2, 0) is 9.59 Å². The number of rotatable bonds is 5. The zero-order valence-electron chi connectivity index (χ0n) is 12.8. The molecule has 6 heteroatoms. The molecule has 0 spiro atoms. The van der Waals surface area contributed by atoms with Gasteiger partial charge in [-0.1, -0.05) is 0 Å². The number of nitrogens with one attached hydrogen (secondary N) is 1. The van der Waals surface area contributed by atoms with Gasteiger partial charge >= 0.3 is 0 Å². The highest BCUT2D eigenvalue weighted by atomic mass is 79.9. The summed E-state index contributed by atoms with van der Waals surface area (Å²) in [7, 11) is 0. The van der Waals surface area contributed by atoms with Crippen molar-refractivity contribution in [3.8, 4) is 0 Å². The lowest BCUT2D eigenvalue weighted by Gasteiger charge is -2.24. The summed E-state index contributed by atoms with van der Waals surface area (Å²) in [4.78, 5) is 26.5. The summed E-state index contributed by atoms with van der Waals surface area (Å²) < 4.78 is 1.02. The van der Waals surface area contributed by atoms with Gasteiger partial charge in [-0.2, -0.15) is 0 Å². The molecular formula is C15H21BrN2O2S. The van der Waals surface area contributed by atoms with Crippen molar-refractivity contribution < 1.29 is 9.59 Å². The van der Waals surface area contributed by atoms with E-state index in [0.29, 0.717) is 6.54 Å². The maximum absolute atomic E-state index is 12.1. The fourth-order valence-corrected chi connectivity index (χ4v) is 2.98. The molecular weight excluding hydrogens is 352 g/mol. The molecule has 0 saturated carbocycles. The van der Waals surface area contributed by atoms with Gasteiger partial charge in [0.05, 0.1) is 10.3 Å². The number of halogens is 1.